The molecule has 0 spiro atoms. The van der Waals surface area contributed by atoms with E-state index in [0.29, 0.717) is 36.6 Å². The largest absolute Gasteiger partial charge is 1.00 e. The first-order valence-electron chi connectivity index (χ1n) is 13.7. The molecule has 0 saturated carbocycles. The number of nitrogens with one attached hydrogen (secondary N) is 3. The number of hydroxylamine groups is 1. The van der Waals surface area contributed by atoms with Crippen molar-refractivity contribution in [3.8, 4) is 0 Å². The average molecular weight is 666 g/mol. The van der Waals surface area contributed by atoms with Crippen LogP contribution in [0.2, 0.25) is 5.02 Å². The van der Waals surface area contributed by atoms with E-state index >= 15 is 0 Å². The van der Waals surface area contributed by atoms with Gasteiger partial charge in [-0.05, 0) is 48.2 Å². The summed E-state index contributed by atoms with van der Waals surface area (Å²) in [6.07, 6.45) is -1.44. The SMILES string of the molecule is CNc1cccc(F)c1CC[C@@H]1CN[C@H](CO)CO1.O=CC[C@H](c1ccccc1)c1ccc(Cl)cc1.[K+].[O-]NCC(F)(F)F. The molecule has 44 heavy (non-hydrogen) atoms. The average Bonchev–Trinajstić information content (AvgIpc) is 3.00. The number of anilines is 1. The van der Waals surface area contributed by atoms with Crippen molar-refractivity contribution in [3.05, 3.63) is 106 Å². The van der Waals surface area contributed by atoms with E-state index in [9.17, 15) is 22.4 Å². The number of ether oxygens (including phenoxy) is 1. The van der Waals surface area contributed by atoms with Gasteiger partial charge >= 0.3 is 57.6 Å². The fourth-order valence-corrected chi connectivity index (χ4v) is 4.47. The van der Waals surface area contributed by atoms with E-state index in [1.54, 1.807) is 13.1 Å². The number of benzene rings is 3. The number of rotatable bonds is 10. The number of aliphatic hydroxyl groups excluding tert-OH is 1. The number of carbonyl (C=O) groups is 1. The molecule has 0 aliphatic carbocycles. The van der Waals surface area contributed by atoms with Crippen LogP contribution in [0.15, 0.2) is 72.8 Å². The van der Waals surface area contributed by atoms with Gasteiger partial charge in [0.15, 0.2) is 0 Å². The predicted octanol–water partition coefficient (Wildman–Crippen LogP) is 2.85. The molecule has 1 aliphatic rings. The Morgan fingerprint density at radius 3 is 2.25 bits per heavy atom. The third-order valence-corrected chi connectivity index (χ3v) is 6.82. The summed E-state index contributed by atoms with van der Waals surface area (Å²) < 4.78 is 51.8. The summed E-state index contributed by atoms with van der Waals surface area (Å²) in [4.78, 5) is 10.8. The van der Waals surface area contributed by atoms with Gasteiger partial charge in [-0.25, -0.2) is 4.39 Å². The third kappa shape index (κ3) is 15.2. The molecule has 1 saturated heterocycles. The summed E-state index contributed by atoms with van der Waals surface area (Å²) in [6, 6.07) is 22.8. The maximum atomic E-state index is 13.8. The Balaban J connectivity index is 0.000000358. The van der Waals surface area contributed by atoms with Crippen LogP contribution in [0, 0.1) is 11.0 Å². The van der Waals surface area contributed by atoms with Gasteiger partial charge in [0.1, 0.15) is 12.1 Å². The Kier molecular flexibility index (Phi) is 20.4. The Labute approximate surface area is 303 Å². The van der Waals surface area contributed by atoms with Crippen molar-refractivity contribution in [1.82, 2.24) is 10.8 Å². The summed E-state index contributed by atoms with van der Waals surface area (Å²) in [5.74, 6) is -0.0604. The van der Waals surface area contributed by atoms with Crippen LogP contribution in [0.25, 0.3) is 0 Å². The number of halogens is 5. The van der Waals surface area contributed by atoms with Gasteiger partial charge in [-0.15, -0.1) is 0 Å². The minimum absolute atomic E-state index is 0. The van der Waals surface area contributed by atoms with Gasteiger partial charge in [0, 0.05) is 42.2 Å². The minimum atomic E-state index is -4.37. The minimum Gasteiger partial charge on any atom is -0.788 e. The van der Waals surface area contributed by atoms with E-state index in [1.807, 2.05) is 60.7 Å². The van der Waals surface area contributed by atoms with Crippen molar-refractivity contribution in [2.45, 2.75) is 43.5 Å². The maximum absolute atomic E-state index is 13.8. The summed E-state index contributed by atoms with van der Waals surface area (Å²) in [7, 11) is 1.79. The van der Waals surface area contributed by atoms with Crippen LogP contribution in [0.5, 0.6) is 0 Å². The number of aldehydes is 1. The molecule has 3 aromatic rings. The molecule has 4 N–H and O–H groups in total. The first-order chi connectivity index (χ1) is 20.6. The standard InChI is InChI=1S/C15H13ClO.C14H21FN2O2.C2H3F3NO.K/c16-14-8-6-13(7-9-14)15(10-11-17)12-4-2-1-3-5-12;1-16-14-4-2-3-13(15)12(14)6-5-11-7-17-10(8-18)9-19-11;3-2(4,5)1-6-7;/h1-9,11,15H,10H2;2-4,10-11,16-18H,5-9H2,1H3;6H,1H2;/q;;-1;+1/t15-;10-,11-;;/m11../s1. The van der Waals surface area contributed by atoms with Crippen LogP contribution in [-0.2, 0) is 16.0 Å². The smallest absolute Gasteiger partial charge is 0.788 e. The Bertz CT molecular complexity index is 1200. The number of alkyl halides is 3. The number of hydrogen-bond acceptors (Lipinski definition) is 7. The van der Waals surface area contributed by atoms with Crippen molar-refractivity contribution in [2.75, 3.05) is 38.7 Å². The Morgan fingerprint density at radius 1 is 1.09 bits per heavy atom. The van der Waals surface area contributed by atoms with E-state index in [-0.39, 0.29) is 81.9 Å². The molecule has 1 aliphatic heterocycles. The molecule has 13 heteroatoms. The quantitative estimate of drug-likeness (QED) is 0.114. The summed E-state index contributed by atoms with van der Waals surface area (Å²) in [5, 5.41) is 24.9. The molecule has 0 radical (unpaired) electrons. The number of morpholine rings is 1. The zero-order valence-electron chi connectivity index (χ0n) is 24.7. The molecule has 3 aromatic carbocycles. The van der Waals surface area contributed by atoms with Crippen molar-refractivity contribution < 1.29 is 83.6 Å². The van der Waals surface area contributed by atoms with Gasteiger partial charge in [0.2, 0.25) is 0 Å². The zero-order valence-corrected chi connectivity index (χ0v) is 28.6. The molecular weight excluding hydrogens is 629 g/mol. The molecular formula is C31H37ClF4KN3O4. The molecule has 1 fully saturated rings. The topological polar surface area (TPSA) is 106 Å². The van der Waals surface area contributed by atoms with E-state index in [2.05, 4.69) is 10.6 Å². The second-order valence-corrected chi connectivity index (χ2v) is 10.1. The zero-order chi connectivity index (χ0) is 31.7. The summed E-state index contributed by atoms with van der Waals surface area (Å²) in [6.45, 7) is -0.164. The van der Waals surface area contributed by atoms with Crippen molar-refractivity contribution in [2.24, 2.45) is 0 Å². The molecule has 7 nitrogen and oxygen atoms in total. The van der Waals surface area contributed by atoms with Gasteiger partial charge in [-0.2, -0.15) is 13.2 Å². The first-order valence-corrected chi connectivity index (χ1v) is 14.1. The van der Waals surface area contributed by atoms with Crippen LogP contribution in [0.3, 0.4) is 0 Å². The number of aliphatic hydroxyl groups is 1. The van der Waals surface area contributed by atoms with Crippen molar-refractivity contribution in [1.29, 1.82) is 0 Å². The van der Waals surface area contributed by atoms with Gasteiger partial charge in [0.05, 0.1) is 31.9 Å². The van der Waals surface area contributed by atoms with Crippen LogP contribution >= 0.6 is 11.6 Å². The molecule has 3 atom stereocenters. The van der Waals surface area contributed by atoms with E-state index < -0.39 is 12.7 Å². The molecule has 0 amide bonds. The molecule has 1 heterocycles. The van der Waals surface area contributed by atoms with E-state index in [1.165, 1.54) is 6.07 Å². The normalized spacial score (nSPS) is 16.6. The third-order valence-electron chi connectivity index (χ3n) is 6.57. The molecule has 4 rings (SSSR count). The van der Waals surface area contributed by atoms with Crippen LogP contribution in [0.4, 0.5) is 23.2 Å². The van der Waals surface area contributed by atoms with Gasteiger partial charge in [-0.3, -0.25) is 0 Å². The first kappa shape index (κ1) is 40.6. The van der Waals surface area contributed by atoms with Crippen LogP contribution in [0.1, 0.15) is 35.4 Å². The van der Waals surface area contributed by atoms with E-state index in [4.69, 9.17) is 26.7 Å². The molecule has 0 bridgehead atoms. The maximum Gasteiger partial charge on any atom is 1.00 e. The summed E-state index contributed by atoms with van der Waals surface area (Å²) in [5.41, 5.74) is 4.54. The van der Waals surface area contributed by atoms with E-state index in [0.717, 1.165) is 35.0 Å². The summed E-state index contributed by atoms with van der Waals surface area (Å²) >= 11 is 5.87. The molecule has 0 unspecified atom stereocenters. The van der Waals surface area contributed by atoms with Crippen molar-refractivity contribution >= 4 is 23.6 Å². The van der Waals surface area contributed by atoms with Crippen molar-refractivity contribution in [3.63, 3.8) is 0 Å². The number of hydrogen-bond donors (Lipinski definition) is 4. The number of carbonyl (C=O) groups excluding carboxylic acids is 1. The van der Waals surface area contributed by atoms with Crippen LogP contribution in [-0.4, -0.2) is 63.1 Å². The van der Waals surface area contributed by atoms with Crippen LogP contribution < -0.4 is 67.5 Å². The molecule has 0 aromatic heterocycles. The monoisotopic (exact) mass is 665 g/mol. The van der Waals surface area contributed by atoms with Gasteiger partial charge in [0.25, 0.3) is 0 Å². The van der Waals surface area contributed by atoms with Gasteiger partial charge in [-0.1, -0.05) is 60.1 Å². The fraction of sp³-hybridized carbons (Fsp3) is 0.387. The fourth-order valence-electron chi connectivity index (χ4n) is 4.35. The second-order valence-electron chi connectivity index (χ2n) is 9.65. The Hall–Kier alpha value is -1.42. The van der Waals surface area contributed by atoms with Gasteiger partial charge < -0.3 is 36.0 Å². The Morgan fingerprint density at radius 2 is 1.75 bits per heavy atom. The second kappa shape index (κ2) is 22.2. The predicted molar refractivity (Wildman–Crippen MR) is 161 cm³/mol. The molecule has 236 valence electrons.